The SMILES string of the molecule is CCc1cnc(C)nc1N1CCC2(CC1)Nc1ccccc1NC2=O. The van der Waals surface area contributed by atoms with Gasteiger partial charge in [0.15, 0.2) is 0 Å². The lowest BCUT2D eigenvalue weighted by Crippen LogP contribution is -2.58. The minimum atomic E-state index is -0.528. The Morgan fingerprint density at radius 2 is 1.92 bits per heavy atom. The lowest BCUT2D eigenvalue weighted by Gasteiger charge is -2.44. The number of aryl methyl sites for hydroxylation is 2. The van der Waals surface area contributed by atoms with Crippen molar-refractivity contribution in [1.29, 1.82) is 0 Å². The van der Waals surface area contributed by atoms with Gasteiger partial charge in [-0.1, -0.05) is 19.1 Å². The number of anilines is 3. The summed E-state index contributed by atoms with van der Waals surface area (Å²) < 4.78 is 0. The Morgan fingerprint density at radius 1 is 1.20 bits per heavy atom. The van der Waals surface area contributed by atoms with E-state index in [9.17, 15) is 4.79 Å². The first kappa shape index (κ1) is 15.9. The van der Waals surface area contributed by atoms with Crippen LogP contribution in [0.1, 0.15) is 31.2 Å². The van der Waals surface area contributed by atoms with E-state index in [1.807, 2.05) is 37.4 Å². The number of hydrogen-bond acceptors (Lipinski definition) is 5. The summed E-state index contributed by atoms with van der Waals surface area (Å²) in [5.41, 5.74) is 2.50. The minimum absolute atomic E-state index is 0.0698. The number of piperidine rings is 1. The highest BCUT2D eigenvalue weighted by atomic mass is 16.2. The van der Waals surface area contributed by atoms with Crippen LogP contribution in [-0.2, 0) is 11.2 Å². The van der Waals surface area contributed by atoms with E-state index in [1.165, 1.54) is 0 Å². The van der Waals surface area contributed by atoms with Gasteiger partial charge in [-0.15, -0.1) is 0 Å². The monoisotopic (exact) mass is 337 g/mol. The molecule has 2 aliphatic heterocycles. The van der Waals surface area contributed by atoms with E-state index in [-0.39, 0.29) is 5.91 Å². The summed E-state index contributed by atoms with van der Waals surface area (Å²) in [6.07, 6.45) is 4.33. The predicted molar refractivity (Wildman–Crippen MR) is 99.0 cm³/mol. The van der Waals surface area contributed by atoms with Crippen molar-refractivity contribution in [3.05, 3.63) is 41.9 Å². The zero-order valence-electron chi connectivity index (χ0n) is 14.7. The Kier molecular flexibility index (Phi) is 3.82. The number of para-hydroxylation sites is 2. The number of benzene rings is 1. The molecule has 1 aromatic heterocycles. The van der Waals surface area contributed by atoms with Gasteiger partial charge < -0.3 is 15.5 Å². The van der Waals surface area contributed by atoms with Crippen LogP contribution in [0.2, 0.25) is 0 Å². The highest BCUT2D eigenvalue weighted by Gasteiger charge is 2.44. The summed E-state index contributed by atoms with van der Waals surface area (Å²) in [6.45, 7) is 5.63. The largest absolute Gasteiger partial charge is 0.369 e. The molecule has 0 radical (unpaired) electrons. The molecule has 0 atom stereocenters. The van der Waals surface area contributed by atoms with Gasteiger partial charge in [0.2, 0.25) is 5.91 Å². The molecule has 2 aliphatic rings. The molecule has 25 heavy (non-hydrogen) atoms. The molecule has 130 valence electrons. The molecule has 1 saturated heterocycles. The second-order valence-corrected chi connectivity index (χ2v) is 6.81. The Balaban J connectivity index is 1.56. The number of fused-ring (bicyclic) bond motifs is 1. The van der Waals surface area contributed by atoms with Crippen molar-refractivity contribution in [2.45, 2.75) is 38.6 Å². The van der Waals surface area contributed by atoms with Crippen LogP contribution in [0.25, 0.3) is 0 Å². The van der Waals surface area contributed by atoms with Gasteiger partial charge in [-0.05, 0) is 38.3 Å². The highest BCUT2D eigenvalue weighted by Crippen LogP contribution is 2.37. The van der Waals surface area contributed by atoms with Crippen molar-refractivity contribution in [2.75, 3.05) is 28.6 Å². The summed E-state index contributed by atoms with van der Waals surface area (Å²) in [5.74, 6) is 1.87. The Morgan fingerprint density at radius 3 is 2.64 bits per heavy atom. The molecular formula is C19H23N5O. The van der Waals surface area contributed by atoms with Crippen molar-refractivity contribution in [3.8, 4) is 0 Å². The molecule has 0 aliphatic carbocycles. The standard InChI is InChI=1S/C19H23N5O/c1-3-14-12-20-13(2)21-17(14)24-10-8-19(9-11-24)18(25)22-15-6-4-5-7-16(15)23-19/h4-7,12,23H,3,8-11H2,1-2H3,(H,22,25). The number of amides is 1. The Labute approximate surface area is 147 Å². The lowest BCUT2D eigenvalue weighted by atomic mass is 9.84. The molecule has 6 heteroatoms. The van der Waals surface area contributed by atoms with Gasteiger partial charge in [0.1, 0.15) is 17.2 Å². The van der Waals surface area contributed by atoms with Crippen LogP contribution in [0.5, 0.6) is 0 Å². The number of nitrogens with one attached hydrogen (secondary N) is 2. The van der Waals surface area contributed by atoms with Gasteiger partial charge in [-0.3, -0.25) is 4.79 Å². The number of nitrogens with zero attached hydrogens (tertiary/aromatic N) is 3. The second kappa shape index (κ2) is 6.02. The van der Waals surface area contributed by atoms with Gasteiger partial charge in [0, 0.05) is 24.8 Å². The van der Waals surface area contributed by atoms with E-state index in [2.05, 4.69) is 32.4 Å². The van der Waals surface area contributed by atoms with Crippen LogP contribution in [0, 0.1) is 6.92 Å². The summed E-state index contributed by atoms with van der Waals surface area (Å²) in [7, 11) is 0. The van der Waals surface area contributed by atoms with Crippen LogP contribution in [0.4, 0.5) is 17.2 Å². The number of aromatic nitrogens is 2. The maximum atomic E-state index is 12.7. The Bertz CT molecular complexity index is 811. The van der Waals surface area contributed by atoms with Gasteiger partial charge in [0.25, 0.3) is 0 Å². The number of hydrogen-bond donors (Lipinski definition) is 2. The summed E-state index contributed by atoms with van der Waals surface area (Å²) in [4.78, 5) is 24.0. The molecule has 1 spiro atoms. The van der Waals surface area contributed by atoms with Crippen LogP contribution in [-0.4, -0.2) is 34.5 Å². The third kappa shape index (κ3) is 2.71. The molecule has 0 bridgehead atoms. The molecule has 1 amide bonds. The fourth-order valence-electron chi connectivity index (χ4n) is 3.72. The fraction of sp³-hybridized carbons (Fsp3) is 0.421. The topological polar surface area (TPSA) is 70.2 Å². The van der Waals surface area contributed by atoms with E-state index in [1.54, 1.807) is 0 Å². The molecule has 6 nitrogen and oxygen atoms in total. The molecule has 2 aromatic rings. The molecule has 4 rings (SSSR count). The summed E-state index contributed by atoms with van der Waals surface area (Å²) >= 11 is 0. The first-order valence-electron chi connectivity index (χ1n) is 8.87. The average Bonchev–Trinajstić information content (AvgIpc) is 2.63. The average molecular weight is 337 g/mol. The van der Waals surface area contributed by atoms with E-state index in [0.717, 1.165) is 60.9 Å². The van der Waals surface area contributed by atoms with E-state index in [0.29, 0.717) is 0 Å². The number of carbonyl (C=O) groups excluding carboxylic acids is 1. The molecule has 3 heterocycles. The third-order valence-corrected chi connectivity index (χ3v) is 5.24. The van der Waals surface area contributed by atoms with Crippen molar-refractivity contribution >= 4 is 23.1 Å². The van der Waals surface area contributed by atoms with Crippen LogP contribution < -0.4 is 15.5 Å². The normalized spacial score (nSPS) is 18.5. The highest BCUT2D eigenvalue weighted by molar-refractivity contribution is 6.06. The molecule has 0 unspecified atom stereocenters. The fourth-order valence-corrected chi connectivity index (χ4v) is 3.72. The molecular weight excluding hydrogens is 314 g/mol. The van der Waals surface area contributed by atoms with E-state index < -0.39 is 5.54 Å². The van der Waals surface area contributed by atoms with Gasteiger partial charge >= 0.3 is 0 Å². The Hall–Kier alpha value is -2.63. The van der Waals surface area contributed by atoms with E-state index >= 15 is 0 Å². The van der Waals surface area contributed by atoms with Crippen molar-refractivity contribution < 1.29 is 4.79 Å². The third-order valence-electron chi connectivity index (χ3n) is 5.24. The van der Waals surface area contributed by atoms with Crippen molar-refractivity contribution in [1.82, 2.24) is 9.97 Å². The van der Waals surface area contributed by atoms with Crippen molar-refractivity contribution in [2.24, 2.45) is 0 Å². The maximum Gasteiger partial charge on any atom is 0.250 e. The first-order chi connectivity index (χ1) is 12.1. The molecule has 0 saturated carbocycles. The van der Waals surface area contributed by atoms with Gasteiger partial charge in [-0.25, -0.2) is 9.97 Å². The zero-order valence-corrected chi connectivity index (χ0v) is 14.7. The van der Waals surface area contributed by atoms with Gasteiger partial charge in [0.05, 0.1) is 11.4 Å². The predicted octanol–water partition coefficient (Wildman–Crippen LogP) is 2.75. The van der Waals surface area contributed by atoms with Crippen LogP contribution in [0.15, 0.2) is 30.5 Å². The zero-order chi connectivity index (χ0) is 17.4. The van der Waals surface area contributed by atoms with Crippen LogP contribution in [0.3, 0.4) is 0 Å². The summed E-state index contributed by atoms with van der Waals surface area (Å²) in [5, 5.41) is 6.56. The van der Waals surface area contributed by atoms with Gasteiger partial charge in [-0.2, -0.15) is 0 Å². The smallest absolute Gasteiger partial charge is 0.250 e. The molecule has 2 N–H and O–H groups in total. The number of rotatable bonds is 2. The van der Waals surface area contributed by atoms with Crippen molar-refractivity contribution in [3.63, 3.8) is 0 Å². The minimum Gasteiger partial charge on any atom is -0.369 e. The maximum absolute atomic E-state index is 12.7. The lowest BCUT2D eigenvalue weighted by molar-refractivity contribution is -0.121. The second-order valence-electron chi connectivity index (χ2n) is 6.81. The molecule has 1 fully saturated rings. The number of carbonyl (C=O) groups is 1. The molecule has 1 aromatic carbocycles. The summed E-state index contributed by atoms with van der Waals surface area (Å²) in [6, 6.07) is 7.87. The van der Waals surface area contributed by atoms with Crippen LogP contribution >= 0.6 is 0 Å². The van der Waals surface area contributed by atoms with E-state index in [4.69, 9.17) is 0 Å². The quantitative estimate of drug-likeness (QED) is 0.882. The first-order valence-corrected chi connectivity index (χ1v) is 8.87.